The first-order chi connectivity index (χ1) is 11.2. The number of carbonyl (C=O) groups excluding carboxylic acids is 1. The first kappa shape index (κ1) is 14.9. The number of amides is 1. The number of carbonyl (C=O) groups is 1. The molecular weight excluding hydrogens is 297 g/mol. The number of benzene rings is 2. The SMILES string of the molecule is CCc1noc(-c2ccc(NC(=O)c3ccc(F)cc3)cc2)n1. The first-order valence-electron chi connectivity index (χ1n) is 7.15. The van der Waals surface area contributed by atoms with Crippen LogP contribution in [0.5, 0.6) is 0 Å². The van der Waals surface area contributed by atoms with Crippen LogP contribution in [0, 0.1) is 5.82 Å². The van der Waals surface area contributed by atoms with Gasteiger partial charge in [-0.3, -0.25) is 4.79 Å². The van der Waals surface area contributed by atoms with E-state index in [0.29, 0.717) is 29.4 Å². The average Bonchev–Trinajstić information content (AvgIpc) is 3.05. The molecule has 116 valence electrons. The maximum Gasteiger partial charge on any atom is 0.257 e. The van der Waals surface area contributed by atoms with Crippen molar-refractivity contribution >= 4 is 11.6 Å². The highest BCUT2D eigenvalue weighted by atomic mass is 19.1. The van der Waals surface area contributed by atoms with Crippen molar-refractivity contribution in [2.45, 2.75) is 13.3 Å². The highest BCUT2D eigenvalue weighted by Crippen LogP contribution is 2.20. The molecule has 0 saturated carbocycles. The molecule has 3 rings (SSSR count). The van der Waals surface area contributed by atoms with Crippen LogP contribution in [-0.2, 0) is 6.42 Å². The van der Waals surface area contributed by atoms with Crippen LogP contribution in [0.1, 0.15) is 23.1 Å². The minimum atomic E-state index is -0.378. The summed E-state index contributed by atoms with van der Waals surface area (Å²) in [6, 6.07) is 12.4. The molecule has 6 heteroatoms. The lowest BCUT2D eigenvalue weighted by molar-refractivity contribution is 0.102. The van der Waals surface area contributed by atoms with Crippen LogP contribution in [0.25, 0.3) is 11.5 Å². The minimum absolute atomic E-state index is 0.302. The standard InChI is InChI=1S/C17H14FN3O2/c1-2-15-20-17(23-21-15)12-5-9-14(10-6-12)19-16(22)11-3-7-13(18)8-4-11/h3-10H,2H2,1H3,(H,19,22). The van der Waals surface area contributed by atoms with Crippen molar-refractivity contribution in [2.24, 2.45) is 0 Å². The molecule has 1 heterocycles. The van der Waals surface area contributed by atoms with Crippen LogP contribution in [0.3, 0.4) is 0 Å². The van der Waals surface area contributed by atoms with Crippen LogP contribution < -0.4 is 5.32 Å². The fraction of sp³-hybridized carbons (Fsp3) is 0.118. The maximum atomic E-state index is 12.9. The zero-order chi connectivity index (χ0) is 16.2. The van der Waals surface area contributed by atoms with Gasteiger partial charge in [0.2, 0.25) is 0 Å². The van der Waals surface area contributed by atoms with E-state index in [1.54, 1.807) is 24.3 Å². The number of rotatable bonds is 4. The molecule has 0 aliphatic carbocycles. The van der Waals surface area contributed by atoms with Gasteiger partial charge in [-0.05, 0) is 48.5 Å². The summed E-state index contributed by atoms with van der Waals surface area (Å²) in [6.45, 7) is 1.95. The van der Waals surface area contributed by atoms with Crippen molar-refractivity contribution in [1.82, 2.24) is 10.1 Å². The molecule has 23 heavy (non-hydrogen) atoms. The molecule has 2 aromatic carbocycles. The molecular formula is C17H14FN3O2. The van der Waals surface area contributed by atoms with Gasteiger partial charge >= 0.3 is 0 Å². The Morgan fingerprint density at radius 3 is 2.43 bits per heavy atom. The van der Waals surface area contributed by atoms with Gasteiger partial charge in [-0.2, -0.15) is 4.98 Å². The monoisotopic (exact) mass is 311 g/mol. The third kappa shape index (κ3) is 3.42. The molecule has 0 aliphatic heterocycles. The predicted octanol–water partition coefficient (Wildman–Crippen LogP) is 3.69. The largest absolute Gasteiger partial charge is 0.334 e. The first-order valence-corrected chi connectivity index (χ1v) is 7.15. The molecule has 0 atom stereocenters. The number of nitrogens with one attached hydrogen (secondary N) is 1. The Morgan fingerprint density at radius 1 is 1.13 bits per heavy atom. The van der Waals surface area contributed by atoms with E-state index in [2.05, 4.69) is 15.5 Å². The number of hydrogen-bond donors (Lipinski definition) is 1. The number of halogens is 1. The molecule has 0 bridgehead atoms. The third-order valence-corrected chi connectivity index (χ3v) is 3.28. The van der Waals surface area contributed by atoms with Gasteiger partial charge < -0.3 is 9.84 Å². The quantitative estimate of drug-likeness (QED) is 0.798. The lowest BCUT2D eigenvalue weighted by atomic mass is 10.2. The smallest absolute Gasteiger partial charge is 0.257 e. The van der Waals surface area contributed by atoms with Crippen molar-refractivity contribution < 1.29 is 13.7 Å². The van der Waals surface area contributed by atoms with Gasteiger partial charge in [-0.1, -0.05) is 12.1 Å². The average molecular weight is 311 g/mol. The second-order valence-corrected chi connectivity index (χ2v) is 4.91. The molecule has 0 saturated heterocycles. The molecule has 1 N–H and O–H groups in total. The molecule has 0 radical (unpaired) electrons. The maximum absolute atomic E-state index is 12.9. The lowest BCUT2D eigenvalue weighted by Crippen LogP contribution is -2.11. The van der Waals surface area contributed by atoms with E-state index < -0.39 is 0 Å². The van der Waals surface area contributed by atoms with Crippen molar-refractivity contribution in [1.29, 1.82) is 0 Å². The predicted molar refractivity (Wildman–Crippen MR) is 83.5 cm³/mol. The van der Waals surface area contributed by atoms with E-state index in [1.807, 2.05) is 6.92 Å². The van der Waals surface area contributed by atoms with Gasteiger partial charge in [0.1, 0.15) is 5.82 Å². The molecule has 5 nitrogen and oxygen atoms in total. The van der Waals surface area contributed by atoms with Gasteiger partial charge in [0.15, 0.2) is 5.82 Å². The summed E-state index contributed by atoms with van der Waals surface area (Å²) in [6.07, 6.45) is 0.704. The van der Waals surface area contributed by atoms with Crippen LogP contribution in [0.4, 0.5) is 10.1 Å². The van der Waals surface area contributed by atoms with Gasteiger partial charge in [0, 0.05) is 23.2 Å². The van der Waals surface area contributed by atoms with Crippen LogP contribution >= 0.6 is 0 Å². The Bertz CT molecular complexity index is 811. The highest BCUT2D eigenvalue weighted by molar-refractivity contribution is 6.04. The Kier molecular flexibility index (Phi) is 4.14. The third-order valence-electron chi connectivity index (χ3n) is 3.28. The van der Waals surface area contributed by atoms with Crippen molar-refractivity contribution in [3.8, 4) is 11.5 Å². The van der Waals surface area contributed by atoms with E-state index in [4.69, 9.17) is 4.52 Å². The molecule has 3 aromatic rings. The summed E-state index contributed by atoms with van der Waals surface area (Å²) in [5.74, 6) is 0.410. The summed E-state index contributed by atoms with van der Waals surface area (Å²) in [5.41, 5.74) is 1.79. The summed E-state index contributed by atoms with van der Waals surface area (Å²) in [5, 5.41) is 6.59. The fourth-order valence-electron chi connectivity index (χ4n) is 2.02. The van der Waals surface area contributed by atoms with Crippen LogP contribution in [0.2, 0.25) is 0 Å². The summed E-state index contributed by atoms with van der Waals surface area (Å²) < 4.78 is 18.0. The van der Waals surface area contributed by atoms with Gasteiger partial charge in [-0.15, -0.1) is 0 Å². The molecule has 0 aliphatic rings. The molecule has 0 unspecified atom stereocenters. The number of anilines is 1. The van der Waals surface area contributed by atoms with Gasteiger partial charge in [0.05, 0.1) is 0 Å². The molecule has 1 aromatic heterocycles. The van der Waals surface area contributed by atoms with Crippen LogP contribution in [-0.4, -0.2) is 16.0 Å². The van der Waals surface area contributed by atoms with Gasteiger partial charge in [-0.25, -0.2) is 4.39 Å². The number of nitrogens with zero attached hydrogens (tertiary/aromatic N) is 2. The minimum Gasteiger partial charge on any atom is -0.334 e. The summed E-state index contributed by atoms with van der Waals surface area (Å²) in [4.78, 5) is 16.3. The fourth-order valence-corrected chi connectivity index (χ4v) is 2.02. The topological polar surface area (TPSA) is 68.0 Å². The Hall–Kier alpha value is -3.02. The zero-order valence-electron chi connectivity index (χ0n) is 12.4. The normalized spacial score (nSPS) is 10.5. The molecule has 0 fully saturated rings. The zero-order valence-corrected chi connectivity index (χ0v) is 12.4. The Morgan fingerprint density at radius 2 is 1.83 bits per heavy atom. The second kappa shape index (κ2) is 6.39. The van der Waals surface area contributed by atoms with Crippen molar-refractivity contribution in [3.05, 3.63) is 65.7 Å². The number of aryl methyl sites for hydroxylation is 1. The van der Waals surface area contributed by atoms with E-state index in [0.717, 1.165) is 5.56 Å². The van der Waals surface area contributed by atoms with Gasteiger partial charge in [0.25, 0.3) is 11.8 Å². The Balaban J connectivity index is 1.72. The van der Waals surface area contributed by atoms with Crippen LogP contribution in [0.15, 0.2) is 53.1 Å². The highest BCUT2D eigenvalue weighted by Gasteiger charge is 2.09. The molecule has 0 spiro atoms. The molecule has 1 amide bonds. The van der Waals surface area contributed by atoms with E-state index in [9.17, 15) is 9.18 Å². The van der Waals surface area contributed by atoms with Crippen molar-refractivity contribution in [3.63, 3.8) is 0 Å². The van der Waals surface area contributed by atoms with E-state index in [-0.39, 0.29) is 11.7 Å². The van der Waals surface area contributed by atoms with E-state index in [1.165, 1.54) is 24.3 Å². The second-order valence-electron chi connectivity index (χ2n) is 4.91. The summed E-state index contributed by atoms with van der Waals surface area (Å²) in [7, 11) is 0. The van der Waals surface area contributed by atoms with Crippen molar-refractivity contribution in [2.75, 3.05) is 5.32 Å². The number of aromatic nitrogens is 2. The summed E-state index contributed by atoms with van der Waals surface area (Å²) >= 11 is 0. The Labute approximate surface area is 132 Å². The number of hydrogen-bond acceptors (Lipinski definition) is 4. The van der Waals surface area contributed by atoms with E-state index >= 15 is 0 Å². The lowest BCUT2D eigenvalue weighted by Gasteiger charge is -2.05.